The predicted molar refractivity (Wildman–Crippen MR) is 74.0 cm³/mol. The van der Waals surface area contributed by atoms with Gasteiger partial charge < -0.3 is 4.90 Å². The van der Waals surface area contributed by atoms with Crippen LogP contribution in [0.1, 0.15) is 31.2 Å². The Balaban J connectivity index is 2.04. The second-order valence-electron chi connectivity index (χ2n) is 4.81. The molecule has 0 unspecified atom stereocenters. The third kappa shape index (κ3) is 3.26. The number of rotatable bonds is 4. The Labute approximate surface area is 113 Å². The minimum atomic E-state index is 0.458. The molecular weight excluding hydrogens is 255 g/mol. The SMILES string of the molecule is CN(CC1CCCC1)c1ncc(CCl)cc1Cl. The van der Waals surface area contributed by atoms with Crippen LogP contribution in [0.2, 0.25) is 5.02 Å². The first kappa shape index (κ1) is 13.0. The van der Waals surface area contributed by atoms with Crippen molar-refractivity contribution >= 4 is 29.0 Å². The maximum atomic E-state index is 6.23. The summed E-state index contributed by atoms with van der Waals surface area (Å²) in [6, 6.07) is 1.90. The molecule has 0 N–H and O–H groups in total. The molecule has 1 aliphatic rings. The molecule has 0 saturated heterocycles. The number of alkyl halides is 1. The van der Waals surface area contributed by atoms with Crippen LogP contribution < -0.4 is 4.90 Å². The summed E-state index contributed by atoms with van der Waals surface area (Å²) < 4.78 is 0. The summed E-state index contributed by atoms with van der Waals surface area (Å²) >= 11 is 12.0. The monoisotopic (exact) mass is 272 g/mol. The second-order valence-corrected chi connectivity index (χ2v) is 5.49. The van der Waals surface area contributed by atoms with Gasteiger partial charge in [-0.05, 0) is 30.4 Å². The Bertz CT molecular complexity index is 376. The minimum absolute atomic E-state index is 0.458. The first-order valence-electron chi connectivity index (χ1n) is 6.12. The van der Waals surface area contributed by atoms with Crippen molar-refractivity contribution in [3.05, 3.63) is 22.8 Å². The first-order valence-corrected chi connectivity index (χ1v) is 7.03. The number of aromatic nitrogens is 1. The van der Waals surface area contributed by atoms with Gasteiger partial charge in [-0.3, -0.25) is 0 Å². The lowest BCUT2D eigenvalue weighted by atomic mass is 10.1. The van der Waals surface area contributed by atoms with Gasteiger partial charge >= 0.3 is 0 Å². The van der Waals surface area contributed by atoms with Crippen LogP contribution in [-0.4, -0.2) is 18.6 Å². The Morgan fingerprint density at radius 3 is 2.71 bits per heavy atom. The predicted octanol–water partition coefficient (Wildman–Crippen LogP) is 4.10. The summed E-state index contributed by atoms with van der Waals surface area (Å²) in [5.41, 5.74) is 0.967. The number of pyridine rings is 1. The van der Waals surface area contributed by atoms with Crippen molar-refractivity contribution in [1.29, 1.82) is 0 Å². The van der Waals surface area contributed by atoms with E-state index >= 15 is 0 Å². The maximum Gasteiger partial charge on any atom is 0.147 e. The number of hydrogen-bond donors (Lipinski definition) is 0. The van der Waals surface area contributed by atoms with Crippen molar-refractivity contribution in [1.82, 2.24) is 4.98 Å². The molecule has 4 heteroatoms. The Morgan fingerprint density at radius 2 is 2.12 bits per heavy atom. The highest BCUT2D eigenvalue weighted by molar-refractivity contribution is 6.33. The van der Waals surface area contributed by atoms with E-state index in [4.69, 9.17) is 23.2 Å². The van der Waals surface area contributed by atoms with Gasteiger partial charge in [0.2, 0.25) is 0 Å². The molecule has 0 aromatic carbocycles. The van der Waals surface area contributed by atoms with Crippen molar-refractivity contribution < 1.29 is 0 Å². The summed E-state index contributed by atoms with van der Waals surface area (Å²) in [7, 11) is 2.06. The number of anilines is 1. The Morgan fingerprint density at radius 1 is 1.41 bits per heavy atom. The van der Waals surface area contributed by atoms with Gasteiger partial charge in [-0.15, -0.1) is 11.6 Å². The van der Waals surface area contributed by atoms with Gasteiger partial charge in [-0.2, -0.15) is 0 Å². The van der Waals surface area contributed by atoms with E-state index in [1.165, 1.54) is 25.7 Å². The first-order chi connectivity index (χ1) is 8.20. The summed E-state index contributed by atoms with van der Waals surface area (Å²) in [4.78, 5) is 6.56. The molecule has 1 fully saturated rings. The second kappa shape index (κ2) is 5.92. The zero-order valence-corrected chi connectivity index (χ0v) is 11.6. The van der Waals surface area contributed by atoms with Crippen molar-refractivity contribution in [3.8, 4) is 0 Å². The van der Waals surface area contributed by atoms with E-state index in [9.17, 15) is 0 Å². The number of halogens is 2. The molecule has 0 bridgehead atoms. The van der Waals surface area contributed by atoms with Crippen LogP contribution in [0.5, 0.6) is 0 Å². The van der Waals surface area contributed by atoms with Gasteiger partial charge in [0, 0.05) is 25.7 Å². The summed E-state index contributed by atoms with van der Waals surface area (Å²) in [5.74, 6) is 2.12. The van der Waals surface area contributed by atoms with E-state index in [-0.39, 0.29) is 0 Å². The van der Waals surface area contributed by atoms with Crippen LogP contribution >= 0.6 is 23.2 Å². The lowest BCUT2D eigenvalue weighted by Gasteiger charge is -2.23. The molecule has 0 amide bonds. The van der Waals surface area contributed by atoms with Gasteiger partial charge in [-0.25, -0.2) is 4.98 Å². The normalized spacial score (nSPS) is 16.4. The molecule has 0 aliphatic heterocycles. The highest BCUT2D eigenvalue weighted by Crippen LogP contribution is 2.29. The molecule has 2 nitrogen and oxygen atoms in total. The van der Waals surface area contributed by atoms with Gasteiger partial charge in [-0.1, -0.05) is 24.4 Å². The number of hydrogen-bond acceptors (Lipinski definition) is 2. The van der Waals surface area contributed by atoms with Gasteiger partial charge in [0.15, 0.2) is 0 Å². The smallest absolute Gasteiger partial charge is 0.147 e. The van der Waals surface area contributed by atoms with Crippen LogP contribution in [-0.2, 0) is 5.88 Å². The molecule has 1 aromatic rings. The summed E-state index contributed by atoms with van der Waals surface area (Å²) in [6.07, 6.45) is 7.21. The van der Waals surface area contributed by atoms with Crippen LogP contribution in [0.4, 0.5) is 5.82 Å². The molecule has 2 rings (SSSR count). The molecule has 1 aliphatic carbocycles. The van der Waals surface area contributed by atoms with Gasteiger partial charge in [0.25, 0.3) is 0 Å². The summed E-state index contributed by atoms with van der Waals surface area (Å²) in [6.45, 7) is 1.05. The van der Waals surface area contributed by atoms with Crippen molar-refractivity contribution in [2.45, 2.75) is 31.6 Å². The van der Waals surface area contributed by atoms with E-state index in [2.05, 4.69) is 16.9 Å². The van der Waals surface area contributed by atoms with E-state index in [0.29, 0.717) is 10.9 Å². The molecular formula is C13H18Cl2N2. The zero-order chi connectivity index (χ0) is 12.3. The average Bonchev–Trinajstić information content (AvgIpc) is 2.81. The fraction of sp³-hybridized carbons (Fsp3) is 0.615. The quantitative estimate of drug-likeness (QED) is 0.768. The third-order valence-corrected chi connectivity index (χ3v) is 3.99. The Hall–Kier alpha value is -0.470. The molecule has 94 valence electrons. The van der Waals surface area contributed by atoms with Crippen molar-refractivity contribution in [3.63, 3.8) is 0 Å². The number of nitrogens with zero attached hydrogens (tertiary/aromatic N) is 2. The van der Waals surface area contributed by atoms with Gasteiger partial charge in [0.05, 0.1) is 5.02 Å². The molecule has 0 spiro atoms. The highest BCUT2D eigenvalue weighted by Gasteiger charge is 2.18. The zero-order valence-electron chi connectivity index (χ0n) is 10.1. The summed E-state index contributed by atoms with van der Waals surface area (Å²) in [5, 5.41) is 0.698. The molecule has 17 heavy (non-hydrogen) atoms. The molecule has 1 aromatic heterocycles. The van der Waals surface area contributed by atoms with Crippen LogP contribution in [0.3, 0.4) is 0 Å². The topological polar surface area (TPSA) is 16.1 Å². The van der Waals surface area contributed by atoms with E-state index in [1.54, 1.807) is 6.20 Å². The van der Waals surface area contributed by atoms with E-state index in [1.807, 2.05) is 6.07 Å². The van der Waals surface area contributed by atoms with Crippen LogP contribution in [0.15, 0.2) is 12.3 Å². The Kier molecular flexibility index (Phi) is 4.52. The fourth-order valence-corrected chi connectivity index (χ4v) is 2.97. The lowest BCUT2D eigenvalue weighted by Crippen LogP contribution is -2.25. The minimum Gasteiger partial charge on any atom is -0.358 e. The van der Waals surface area contributed by atoms with Crippen LogP contribution in [0, 0.1) is 5.92 Å². The fourth-order valence-electron chi connectivity index (χ4n) is 2.49. The molecule has 1 heterocycles. The van der Waals surface area contributed by atoms with E-state index < -0.39 is 0 Å². The maximum absolute atomic E-state index is 6.23. The third-order valence-electron chi connectivity index (χ3n) is 3.40. The average molecular weight is 273 g/mol. The molecule has 1 saturated carbocycles. The van der Waals surface area contributed by atoms with Crippen molar-refractivity contribution in [2.24, 2.45) is 5.92 Å². The highest BCUT2D eigenvalue weighted by atomic mass is 35.5. The van der Waals surface area contributed by atoms with Gasteiger partial charge in [0.1, 0.15) is 5.82 Å². The lowest BCUT2D eigenvalue weighted by molar-refractivity contribution is 0.545. The van der Waals surface area contributed by atoms with Crippen LogP contribution in [0.25, 0.3) is 0 Å². The molecule has 0 atom stereocenters. The van der Waals surface area contributed by atoms with Crippen molar-refractivity contribution in [2.75, 3.05) is 18.5 Å². The van der Waals surface area contributed by atoms with E-state index in [0.717, 1.165) is 23.8 Å². The largest absolute Gasteiger partial charge is 0.358 e. The molecule has 0 radical (unpaired) electrons. The standard InChI is InChI=1S/C13H18Cl2N2/c1-17(9-10-4-2-3-5-10)13-12(15)6-11(7-14)8-16-13/h6,8,10H,2-5,7,9H2,1H3.